The fraction of sp³-hybridized carbons (Fsp3) is 0.0800. The Kier molecular flexibility index (Phi) is 6.07. The summed E-state index contributed by atoms with van der Waals surface area (Å²) in [5.41, 5.74) is 0.727. The number of ether oxygens (including phenoxy) is 1. The van der Waals surface area contributed by atoms with Gasteiger partial charge in [0, 0.05) is 6.20 Å². The molecule has 33 heavy (non-hydrogen) atoms. The number of pyridine rings is 1. The van der Waals surface area contributed by atoms with E-state index in [0.717, 1.165) is 18.1 Å². The van der Waals surface area contributed by atoms with Crippen LogP contribution in [0.15, 0.2) is 93.6 Å². The van der Waals surface area contributed by atoms with Gasteiger partial charge in [0.1, 0.15) is 27.9 Å². The van der Waals surface area contributed by atoms with E-state index < -0.39 is 20.3 Å². The molecule has 0 aliphatic heterocycles. The molecule has 2 aromatic carbocycles. The topological polar surface area (TPSA) is 102 Å². The molecule has 0 bridgehead atoms. The van der Waals surface area contributed by atoms with Crippen molar-refractivity contribution in [1.29, 1.82) is 5.26 Å². The lowest BCUT2D eigenvalue weighted by molar-refractivity contribution is 0.461. The Morgan fingerprint density at radius 2 is 1.76 bits per heavy atom. The molecule has 4 rings (SSSR count). The second kappa shape index (κ2) is 9.10. The normalized spacial score (nSPS) is 11.8. The molecule has 164 valence electrons. The quantitative estimate of drug-likeness (QED) is 0.398. The van der Waals surface area contributed by atoms with Crippen LogP contribution in [0.4, 0.5) is 0 Å². The van der Waals surface area contributed by atoms with Crippen molar-refractivity contribution in [3.05, 3.63) is 105 Å². The summed E-state index contributed by atoms with van der Waals surface area (Å²) in [6.07, 6.45) is 3.39. The zero-order valence-corrected chi connectivity index (χ0v) is 18.5. The van der Waals surface area contributed by atoms with Crippen LogP contribution in [0.25, 0.3) is 11.7 Å². The van der Waals surface area contributed by atoms with Crippen LogP contribution in [0.5, 0.6) is 11.6 Å². The van der Waals surface area contributed by atoms with Crippen molar-refractivity contribution in [1.82, 2.24) is 9.38 Å². The first kappa shape index (κ1) is 22.0. The SMILES string of the molecule is CCc1ccc(Oc2nc3ccccn3c(=O)c2/C=C(\C#N)S(=O)(=O)c2ccccc2)cc1. The number of rotatable bonds is 6. The van der Waals surface area contributed by atoms with E-state index in [1.165, 1.54) is 22.7 Å². The minimum atomic E-state index is -4.15. The number of benzene rings is 2. The summed E-state index contributed by atoms with van der Waals surface area (Å²) >= 11 is 0. The number of aryl methyl sites for hydroxylation is 1. The first-order valence-electron chi connectivity index (χ1n) is 10.1. The second-order valence-electron chi connectivity index (χ2n) is 7.10. The maximum absolute atomic E-state index is 13.2. The summed E-state index contributed by atoms with van der Waals surface area (Å²) < 4.78 is 33.2. The molecule has 4 aromatic rings. The largest absolute Gasteiger partial charge is 0.438 e. The van der Waals surface area contributed by atoms with Gasteiger partial charge in [0.25, 0.3) is 5.56 Å². The van der Waals surface area contributed by atoms with Crippen LogP contribution >= 0.6 is 0 Å². The van der Waals surface area contributed by atoms with Crippen LogP contribution in [-0.4, -0.2) is 17.8 Å². The highest BCUT2D eigenvalue weighted by molar-refractivity contribution is 7.95. The number of fused-ring (bicyclic) bond motifs is 1. The predicted octanol–water partition coefficient (Wildman–Crippen LogP) is 4.39. The summed E-state index contributed by atoms with van der Waals surface area (Å²) in [6, 6.07) is 21.5. The van der Waals surface area contributed by atoms with Gasteiger partial charge in [-0.2, -0.15) is 10.2 Å². The van der Waals surface area contributed by atoms with Crippen molar-refractivity contribution < 1.29 is 13.2 Å². The molecule has 0 spiro atoms. The van der Waals surface area contributed by atoms with E-state index in [0.29, 0.717) is 11.4 Å². The van der Waals surface area contributed by atoms with Crippen molar-refractivity contribution in [3.8, 4) is 17.7 Å². The average Bonchev–Trinajstić information content (AvgIpc) is 2.85. The molecule has 0 aliphatic carbocycles. The second-order valence-corrected chi connectivity index (χ2v) is 9.02. The van der Waals surface area contributed by atoms with Crippen molar-refractivity contribution in [2.24, 2.45) is 0 Å². The summed E-state index contributed by atoms with van der Waals surface area (Å²) in [7, 11) is -4.15. The fourth-order valence-corrected chi connectivity index (χ4v) is 4.38. The van der Waals surface area contributed by atoms with Crippen LogP contribution in [0.3, 0.4) is 0 Å². The van der Waals surface area contributed by atoms with E-state index in [2.05, 4.69) is 4.98 Å². The number of hydrogen-bond donors (Lipinski definition) is 0. The number of hydrogen-bond acceptors (Lipinski definition) is 6. The van der Waals surface area contributed by atoms with Gasteiger partial charge in [0.2, 0.25) is 15.7 Å². The van der Waals surface area contributed by atoms with Gasteiger partial charge in [-0.05, 0) is 54.5 Å². The molecule has 0 saturated carbocycles. The fourth-order valence-electron chi connectivity index (χ4n) is 3.22. The Bertz CT molecular complexity index is 1550. The molecule has 7 nitrogen and oxygen atoms in total. The molecule has 0 atom stereocenters. The van der Waals surface area contributed by atoms with Gasteiger partial charge in [-0.25, -0.2) is 8.42 Å². The molecular formula is C25H19N3O4S. The predicted molar refractivity (Wildman–Crippen MR) is 125 cm³/mol. The highest BCUT2D eigenvalue weighted by atomic mass is 32.2. The van der Waals surface area contributed by atoms with E-state index in [1.807, 2.05) is 19.1 Å². The molecular weight excluding hydrogens is 438 g/mol. The van der Waals surface area contributed by atoms with E-state index >= 15 is 0 Å². The van der Waals surface area contributed by atoms with Gasteiger partial charge in [-0.3, -0.25) is 9.20 Å². The molecule has 2 aromatic heterocycles. The Morgan fingerprint density at radius 1 is 1.06 bits per heavy atom. The van der Waals surface area contributed by atoms with Gasteiger partial charge in [-0.15, -0.1) is 0 Å². The van der Waals surface area contributed by atoms with Gasteiger partial charge in [0.05, 0.1) is 4.90 Å². The first-order valence-corrected chi connectivity index (χ1v) is 11.6. The van der Waals surface area contributed by atoms with Crippen molar-refractivity contribution in [3.63, 3.8) is 0 Å². The van der Waals surface area contributed by atoms with Crippen LogP contribution in [-0.2, 0) is 16.3 Å². The lowest BCUT2D eigenvalue weighted by Crippen LogP contribution is -2.19. The van der Waals surface area contributed by atoms with Gasteiger partial charge in [-0.1, -0.05) is 43.3 Å². The summed E-state index contributed by atoms with van der Waals surface area (Å²) in [4.78, 5) is 17.0. The smallest absolute Gasteiger partial charge is 0.269 e. The number of nitriles is 1. The summed E-state index contributed by atoms with van der Waals surface area (Å²) in [5.74, 6) is 0.338. The van der Waals surface area contributed by atoms with Crippen LogP contribution in [0.2, 0.25) is 0 Å². The lowest BCUT2D eigenvalue weighted by atomic mass is 10.2. The zero-order chi connectivity index (χ0) is 23.4. The van der Waals surface area contributed by atoms with Crippen molar-refractivity contribution in [2.75, 3.05) is 0 Å². The number of allylic oxidation sites excluding steroid dienone is 1. The minimum absolute atomic E-state index is 0.0516. The molecule has 0 radical (unpaired) electrons. The van der Waals surface area contributed by atoms with E-state index in [-0.39, 0.29) is 16.3 Å². The molecule has 0 N–H and O–H groups in total. The Hall–Kier alpha value is -4.22. The van der Waals surface area contributed by atoms with E-state index in [1.54, 1.807) is 54.6 Å². The standard InChI is InChI=1S/C25H19N3O4S/c1-2-18-11-13-19(14-12-18)32-24-22(25(29)28-15-7-6-10-23(28)27-24)16-21(17-26)33(30,31)20-8-4-3-5-9-20/h3-16H,2H2,1H3/b21-16+. The van der Waals surface area contributed by atoms with E-state index in [4.69, 9.17) is 4.74 Å². The maximum atomic E-state index is 13.2. The molecule has 2 heterocycles. The highest BCUT2D eigenvalue weighted by Crippen LogP contribution is 2.27. The first-order chi connectivity index (χ1) is 15.9. The molecule has 0 fully saturated rings. The van der Waals surface area contributed by atoms with Gasteiger partial charge < -0.3 is 4.74 Å². The molecule has 8 heteroatoms. The highest BCUT2D eigenvalue weighted by Gasteiger charge is 2.23. The van der Waals surface area contributed by atoms with Crippen LogP contribution < -0.4 is 10.3 Å². The third-order valence-corrected chi connectivity index (χ3v) is 6.69. The monoisotopic (exact) mass is 457 g/mol. The lowest BCUT2D eigenvalue weighted by Gasteiger charge is -2.11. The zero-order valence-electron chi connectivity index (χ0n) is 17.7. The Labute approximate surface area is 190 Å². The number of sulfone groups is 1. The molecule has 0 aliphatic rings. The summed E-state index contributed by atoms with van der Waals surface area (Å²) in [5, 5.41) is 9.66. The average molecular weight is 458 g/mol. The van der Waals surface area contributed by atoms with Crippen LogP contribution in [0.1, 0.15) is 18.1 Å². The van der Waals surface area contributed by atoms with E-state index in [9.17, 15) is 18.5 Å². The Morgan fingerprint density at radius 3 is 2.42 bits per heavy atom. The molecule has 0 amide bonds. The van der Waals surface area contributed by atoms with Crippen LogP contribution in [0, 0.1) is 11.3 Å². The maximum Gasteiger partial charge on any atom is 0.269 e. The van der Waals surface area contributed by atoms with Gasteiger partial charge in [0.15, 0.2) is 0 Å². The minimum Gasteiger partial charge on any atom is -0.438 e. The number of aromatic nitrogens is 2. The third-order valence-electron chi connectivity index (χ3n) is 5.01. The Balaban J connectivity index is 1.91. The molecule has 0 unspecified atom stereocenters. The number of nitrogens with zero attached hydrogens (tertiary/aromatic N) is 3. The van der Waals surface area contributed by atoms with Crippen molar-refractivity contribution >= 4 is 21.6 Å². The van der Waals surface area contributed by atoms with Crippen molar-refractivity contribution in [2.45, 2.75) is 18.2 Å². The third kappa shape index (κ3) is 4.40. The molecule has 0 saturated heterocycles. The van der Waals surface area contributed by atoms with Gasteiger partial charge >= 0.3 is 0 Å². The summed E-state index contributed by atoms with van der Waals surface area (Å²) in [6.45, 7) is 2.03.